The Morgan fingerprint density at radius 2 is 1.52 bits per heavy atom. The number of nitrogens with zero attached hydrogens (tertiary/aromatic N) is 2. The van der Waals surface area contributed by atoms with Crippen molar-refractivity contribution in [1.29, 1.82) is 0 Å². The predicted octanol–water partition coefficient (Wildman–Crippen LogP) is 6.09. The Kier molecular flexibility index (Phi) is 4.65. The lowest BCUT2D eigenvalue weighted by atomic mass is 9.65. The largest absolute Gasteiger partial charge is 0.362 e. The molecule has 4 heteroatoms. The Bertz CT molecular complexity index is 1030. The summed E-state index contributed by atoms with van der Waals surface area (Å²) in [5.74, 6) is 0. The van der Waals surface area contributed by atoms with Crippen LogP contribution in [0.2, 0.25) is 0 Å². The lowest BCUT2D eigenvalue weighted by Crippen LogP contribution is -2.53. The second-order valence-corrected chi connectivity index (χ2v) is 8.71. The van der Waals surface area contributed by atoms with Gasteiger partial charge in [0.2, 0.25) is 0 Å². The van der Waals surface area contributed by atoms with Crippen molar-refractivity contribution in [3.63, 3.8) is 0 Å². The summed E-state index contributed by atoms with van der Waals surface area (Å²) in [6, 6.07) is 26.3. The van der Waals surface area contributed by atoms with Crippen LogP contribution in [-0.2, 0) is 12.0 Å². The van der Waals surface area contributed by atoms with Gasteiger partial charge in [0.05, 0.1) is 4.92 Å². The van der Waals surface area contributed by atoms with Gasteiger partial charge in [-0.25, -0.2) is 0 Å². The van der Waals surface area contributed by atoms with Gasteiger partial charge < -0.3 is 4.90 Å². The molecule has 148 valence electrons. The molecule has 29 heavy (non-hydrogen) atoms. The van der Waals surface area contributed by atoms with E-state index in [1.807, 2.05) is 12.1 Å². The highest BCUT2D eigenvalue weighted by Crippen LogP contribution is 2.50. The molecule has 3 aromatic rings. The number of nitro groups is 1. The first-order valence-electron chi connectivity index (χ1n) is 9.97. The molecule has 1 heterocycles. The third kappa shape index (κ3) is 3.39. The van der Waals surface area contributed by atoms with Crippen molar-refractivity contribution in [1.82, 2.24) is 0 Å². The molecule has 1 atom stereocenters. The second-order valence-electron chi connectivity index (χ2n) is 8.71. The summed E-state index contributed by atoms with van der Waals surface area (Å²) in [4.78, 5) is 13.1. The van der Waals surface area contributed by atoms with Crippen molar-refractivity contribution in [2.45, 2.75) is 44.7 Å². The number of nitro benzene ring substituents is 1. The first-order valence-corrected chi connectivity index (χ1v) is 9.97. The van der Waals surface area contributed by atoms with Crippen LogP contribution in [0.3, 0.4) is 0 Å². The van der Waals surface area contributed by atoms with Crippen LogP contribution in [0.15, 0.2) is 78.9 Å². The normalized spacial score (nSPS) is 20.2. The minimum Gasteiger partial charge on any atom is -0.362 e. The highest BCUT2D eigenvalue weighted by molar-refractivity contribution is 5.64. The zero-order chi connectivity index (χ0) is 20.6. The number of hydrogen-bond donors (Lipinski definition) is 0. The third-order valence-corrected chi connectivity index (χ3v) is 6.20. The van der Waals surface area contributed by atoms with Crippen molar-refractivity contribution < 1.29 is 4.92 Å². The Hall–Kier alpha value is -3.14. The second kappa shape index (κ2) is 7.03. The molecule has 4 nitrogen and oxygen atoms in total. The lowest BCUT2D eigenvalue weighted by Gasteiger charge is -2.52. The maximum atomic E-state index is 11.0. The quantitative estimate of drug-likeness (QED) is 0.403. The van der Waals surface area contributed by atoms with E-state index < -0.39 is 0 Å². The minimum atomic E-state index is -0.352. The van der Waals surface area contributed by atoms with Gasteiger partial charge in [-0.2, -0.15) is 0 Å². The number of non-ortho nitro benzene ring substituents is 1. The molecule has 0 saturated heterocycles. The molecule has 4 rings (SSSR count). The molecular formula is C25H26N2O2. The van der Waals surface area contributed by atoms with Crippen molar-refractivity contribution in [3.05, 3.63) is 106 Å². The molecule has 0 aliphatic carbocycles. The average molecular weight is 386 g/mol. The van der Waals surface area contributed by atoms with Crippen LogP contribution in [0.5, 0.6) is 0 Å². The van der Waals surface area contributed by atoms with Gasteiger partial charge >= 0.3 is 0 Å². The first-order chi connectivity index (χ1) is 13.8. The molecule has 1 unspecified atom stereocenters. The summed E-state index contributed by atoms with van der Waals surface area (Å²) < 4.78 is 0. The number of hydrogen-bond acceptors (Lipinski definition) is 3. The van der Waals surface area contributed by atoms with E-state index in [0.29, 0.717) is 6.54 Å². The number of para-hydroxylation sites is 1. The Morgan fingerprint density at radius 3 is 2.17 bits per heavy atom. The molecule has 0 radical (unpaired) electrons. The van der Waals surface area contributed by atoms with Crippen LogP contribution in [0, 0.1) is 10.1 Å². The highest BCUT2D eigenvalue weighted by atomic mass is 16.6. The van der Waals surface area contributed by atoms with Crippen LogP contribution < -0.4 is 4.90 Å². The monoisotopic (exact) mass is 386 g/mol. The zero-order valence-corrected chi connectivity index (χ0v) is 17.1. The first kappa shape index (κ1) is 19.2. The summed E-state index contributed by atoms with van der Waals surface area (Å²) in [5, 5.41) is 11.0. The van der Waals surface area contributed by atoms with Gasteiger partial charge in [-0.15, -0.1) is 0 Å². The van der Waals surface area contributed by atoms with Crippen LogP contribution in [0.1, 0.15) is 43.9 Å². The number of fused-ring (bicyclic) bond motifs is 1. The summed E-state index contributed by atoms with van der Waals surface area (Å²) in [5.41, 5.74) is 4.93. The van der Waals surface area contributed by atoms with E-state index in [-0.39, 0.29) is 21.6 Å². The fraction of sp³-hybridized carbons (Fsp3) is 0.280. The fourth-order valence-electron chi connectivity index (χ4n) is 4.83. The molecule has 0 bridgehead atoms. The summed E-state index contributed by atoms with van der Waals surface area (Å²) in [6.07, 6.45) is 0.980. The molecule has 1 aliphatic rings. The Morgan fingerprint density at radius 1 is 0.897 bits per heavy atom. The van der Waals surface area contributed by atoms with Crippen LogP contribution in [0.4, 0.5) is 11.4 Å². The van der Waals surface area contributed by atoms with Gasteiger partial charge in [0, 0.05) is 35.3 Å². The van der Waals surface area contributed by atoms with Gasteiger partial charge in [-0.3, -0.25) is 10.1 Å². The molecular weight excluding hydrogens is 360 g/mol. The van der Waals surface area contributed by atoms with Gasteiger partial charge in [0.15, 0.2) is 0 Å². The van der Waals surface area contributed by atoms with E-state index in [4.69, 9.17) is 0 Å². The fourth-order valence-corrected chi connectivity index (χ4v) is 4.83. The van der Waals surface area contributed by atoms with E-state index in [2.05, 4.69) is 80.3 Å². The number of anilines is 1. The Balaban J connectivity index is 1.77. The smallest absolute Gasteiger partial charge is 0.269 e. The van der Waals surface area contributed by atoms with Crippen molar-refractivity contribution >= 4 is 11.4 Å². The van der Waals surface area contributed by atoms with Crippen molar-refractivity contribution in [2.75, 3.05) is 4.90 Å². The van der Waals surface area contributed by atoms with E-state index >= 15 is 0 Å². The van der Waals surface area contributed by atoms with Crippen LogP contribution >= 0.6 is 0 Å². The molecule has 3 aromatic carbocycles. The maximum absolute atomic E-state index is 11.0. The number of rotatable bonds is 4. The summed E-state index contributed by atoms with van der Waals surface area (Å²) in [7, 11) is 0. The lowest BCUT2D eigenvalue weighted by molar-refractivity contribution is -0.384. The minimum absolute atomic E-state index is 0.0761. The van der Waals surface area contributed by atoms with E-state index in [1.54, 1.807) is 12.1 Å². The molecule has 0 N–H and O–H groups in total. The molecule has 0 saturated carbocycles. The van der Waals surface area contributed by atoms with E-state index in [1.165, 1.54) is 16.8 Å². The van der Waals surface area contributed by atoms with Crippen molar-refractivity contribution in [3.8, 4) is 0 Å². The summed E-state index contributed by atoms with van der Waals surface area (Å²) in [6.45, 7) is 7.63. The number of benzene rings is 3. The SMILES string of the molecule is CC1(c2ccccc2)CC(C)(C)N(Cc2ccc([N+](=O)[O-])cc2)c2ccccc21. The standard InChI is InChI=1S/C25H26N2O2/c1-24(2)18-25(3,20-9-5-4-6-10-20)22-11-7-8-12-23(22)26(24)17-19-13-15-21(16-14-19)27(28)29/h4-16H,17-18H2,1-3H3. The topological polar surface area (TPSA) is 46.4 Å². The van der Waals surface area contributed by atoms with Gasteiger partial charge in [0.25, 0.3) is 5.69 Å². The van der Waals surface area contributed by atoms with Gasteiger partial charge in [-0.05, 0) is 43.0 Å². The predicted molar refractivity (Wildman–Crippen MR) is 117 cm³/mol. The molecule has 0 amide bonds. The molecule has 0 spiro atoms. The third-order valence-electron chi connectivity index (χ3n) is 6.20. The average Bonchev–Trinajstić information content (AvgIpc) is 2.72. The van der Waals surface area contributed by atoms with E-state index in [0.717, 1.165) is 12.0 Å². The van der Waals surface area contributed by atoms with Gasteiger partial charge in [-0.1, -0.05) is 67.6 Å². The highest BCUT2D eigenvalue weighted by Gasteiger charge is 2.45. The summed E-state index contributed by atoms with van der Waals surface area (Å²) >= 11 is 0. The molecule has 0 aromatic heterocycles. The zero-order valence-electron chi connectivity index (χ0n) is 17.1. The maximum Gasteiger partial charge on any atom is 0.269 e. The Labute approximate surface area is 172 Å². The molecule has 0 fully saturated rings. The molecule has 1 aliphatic heterocycles. The van der Waals surface area contributed by atoms with Crippen LogP contribution in [0.25, 0.3) is 0 Å². The van der Waals surface area contributed by atoms with E-state index in [9.17, 15) is 10.1 Å². The van der Waals surface area contributed by atoms with Crippen LogP contribution in [-0.4, -0.2) is 10.5 Å². The van der Waals surface area contributed by atoms with Gasteiger partial charge in [0.1, 0.15) is 0 Å². The van der Waals surface area contributed by atoms with Crippen molar-refractivity contribution in [2.24, 2.45) is 0 Å².